The average Bonchev–Trinajstić information content (AvgIpc) is 3.26. The van der Waals surface area contributed by atoms with Crippen molar-refractivity contribution in [3.05, 3.63) is 57.7 Å². The molecular weight excluding hydrogens is 397 g/mol. The van der Waals surface area contributed by atoms with E-state index in [0.717, 1.165) is 6.42 Å². The lowest BCUT2D eigenvalue weighted by Gasteiger charge is -2.08. The normalized spacial score (nSPS) is 11.4. The van der Waals surface area contributed by atoms with Gasteiger partial charge in [-0.1, -0.05) is 6.07 Å². The van der Waals surface area contributed by atoms with E-state index in [1.165, 1.54) is 40.5 Å². The number of alkyl halides is 3. The van der Waals surface area contributed by atoms with Crippen LogP contribution in [0.1, 0.15) is 10.6 Å². The molecule has 1 aromatic carbocycles. The average molecular weight is 412 g/mol. The molecule has 0 radical (unpaired) electrons. The summed E-state index contributed by atoms with van der Waals surface area (Å²) in [4.78, 5) is 17.6. The zero-order chi connectivity index (χ0) is 19.3. The minimum atomic E-state index is -4.72. The van der Waals surface area contributed by atoms with Gasteiger partial charge in [-0.3, -0.25) is 4.79 Å². The number of carbonyl (C=O) groups is 1. The molecule has 0 fully saturated rings. The van der Waals surface area contributed by atoms with E-state index in [0.29, 0.717) is 22.8 Å². The molecule has 1 N–H and O–H groups in total. The number of nitrogens with one attached hydrogen (secondary N) is 1. The first-order valence-electron chi connectivity index (χ1n) is 7.99. The minimum Gasteiger partial charge on any atom is -0.406 e. The Morgan fingerprint density at radius 1 is 1.15 bits per heavy atom. The number of thiazole rings is 1. The van der Waals surface area contributed by atoms with Crippen LogP contribution in [-0.2, 0) is 17.6 Å². The van der Waals surface area contributed by atoms with Gasteiger partial charge in [0.25, 0.3) is 0 Å². The third-order valence-electron chi connectivity index (χ3n) is 3.50. The molecule has 0 bridgehead atoms. The van der Waals surface area contributed by atoms with E-state index in [4.69, 9.17) is 0 Å². The van der Waals surface area contributed by atoms with Gasteiger partial charge in [0, 0.05) is 22.4 Å². The number of amides is 1. The lowest BCUT2D eigenvalue weighted by molar-refractivity contribution is -0.274. The molecule has 2 aromatic heterocycles. The van der Waals surface area contributed by atoms with Gasteiger partial charge in [0.05, 0.1) is 12.1 Å². The number of aromatic nitrogens is 1. The predicted molar refractivity (Wildman–Crippen MR) is 99.0 cm³/mol. The second-order valence-electron chi connectivity index (χ2n) is 5.57. The molecular formula is C18H15F3N2O2S2. The molecule has 27 heavy (non-hydrogen) atoms. The summed E-state index contributed by atoms with van der Waals surface area (Å²) in [5, 5.41) is 7.26. The number of nitrogens with zero attached hydrogens (tertiary/aromatic N) is 1. The van der Waals surface area contributed by atoms with E-state index in [1.807, 2.05) is 17.5 Å². The summed E-state index contributed by atoms with van der Waals surface area (Å²) in [5.41, 5.74) is 1.29. The van der Waals surface area contributed by atoms with Gasteiger partial charge in [0.1, 0.15) is 10.8 Å². The Hall–Kier alpha value is -2.39. The Labute approximate surface area is 161 Å². The fraction of sp³-hybridized carbons (Fsp3) is 0.222. The Kier molecular flexibility index (Phi) is 6.12. The first-order chi connectivity index (χ1) is 12.9. The topological polar surface area (TPSA) is 51.2 Å². The van der Waals surface area contributed by atoms with Crippen molar-refractivity contribution >= 4 is 28.6 Å². The second kappa shape index (κ2) is 8.53. The van der Waals surface area contributed by atoms with Crippen LogP contribution in [0.15, 0.2) is 47.2 Å². The van der Waals surface area contributed by atoms with Crippen molar-refractivity contribution in [2.45, 2.75) is 19.2 Å². The van der Waals surface area contributed by atoms with Gasteiger partial charge in [0.2, 0.25) is 5.91 Å². The standard InChI is InChI=1S/C18H15F3N2O2S2/c19-18(20,21)25-14-5-3-12(4-6-14)17-23-13(11-27-17)10-16(24)22-8-7-15-2-1-9-26-15/h1-6,9,11H,7-8,10H2,(H,22,24). The van der Waals surface area contributed by atoms with Crippen LogP contribution in [0.2, 0.25) is 0 Å². The van der Waals surface area contributed by atoms with Gasteiger partial charge >= 0.3 is 6.36 Å². The predicted octanol–water partition coefficient (Wildman–Crippen LogP) is 4.67. The van der Waals surface area contributed by atoms with Gasteiger partial charge < -0.3 is 10.1 Å². The van der Waals surface area contributed by atoms with Crippen LogP contribution in [0.25, 0.3) is 10.6 Å². The summed E-state index contributed by atoms with van der Waals surface area (Å²) in [5.74, 6) is -0.398. The molecule has 142 valence electrons. The van der Waals surface area contributed by atoms with Crippen molar-refractivity contribution < 1.29 is 22.7 Å². The van der Waals surface area contributed by atoms with Crippen LogP contribution in [0.5, 0.6) is 5.75 Å². The summed E-state index contributed by atoms with van der Waals surface area (Å²) in [6, 6.07) is 9.48. The highest BCUT2D eigenvalue weighted by Crippen LogP contribution is 2.28. The third kappa shape index (κ3) is 6.07. The Morgan fingerprint density at radius 2 is 1.93 bits per heavy atom. The summed E-state index contributed by atoms with van der Waals surface area (Å²) in [7, 11) is 0. The van der Waals surface area contributed by atoms with Crippen LogP contribution < -0.4 is 10.1 Å². The van der Waals surface area contributed by atoms with E-state index >= 15 is 0 Å². The van der Waals surface area contributed by atoms with Gasteiger partial charge in [-0.2, -0.15) is 0 Å². The molecule has 3 rings (SSSR count). The number of rotatable bonds is 7. The second-order valence-corrected chi connectivity index (χ2v) is 7.46. The van der Waals surface area contributed by atoms with Crippen molar-refractivity contribution in [3.8, 4) is 16.3 Å². The molecule has 1 amide bonds. The van der Waals surface area contributed by atoms with Crippen molar-refractivity contribution in [2.24, 2.45) is 0 Å². The van der Waals surface area contributed by atoms with E-state index in [1.54, 1.807) is 16.7 Å². The maximum absolute atomic E-state index is 12.2. The zero-order valence-corrected chi connectivity index (χ0v) is 15.6. The molecule has 0 atom stereocenters. The monoisotopic (exact) mass is 412 g/mol. The molecule has 0 unspecified atom stereocenters. The number of hydrogen-bond acceptors (Lipinski definition) is 5. The van der Waals surface area contributed by atoms with Crippen molar-refractivity contribution in [2.75, 3.05) is 6.54 Å². The highest BCUT2D eigenvalue weighted by molar-refractivity contribution is 7.13. The van der Waals surface area contributed by atoms with Crippen LogP contribution >= 0.6 is 22.7 Å². The number of hydrogen-bond donors (Lipinski definition) is 1. The number of halogens is 3. The number of ether oxygens (including phenoxy) is 1. The van der Waals surface area contributed by atoms with E-state index in [2.05, 4.69) is 15.0 Å². The maximum Gasteiger partial charge on any atom is 0.573 e. The first kappa shape index (κ1) is 19.4. The highest BCUT2D eigenvalue weighted by atomic mass is 32.1. The van der Waals surface area contributed by atoms with Crippen molar-refractivity contribution in [1.82, 2.24) is 10.3 Å². The smallest absolute Gasteiger partial charge is 0.406 e. The maximum atomic E-state index is 12.2. The summed E-state index contributed by atoms with van der Waals surface area (Å²) >= 11 is 2.98. The molecule has 2 heterocycles. The molecule has 4 nitrogen and oxygen atoms in total. The van der Waals surface area contributed by atoms with Crippen LogP contribution in [0.4, 0.5) is 13.2 Å². The fourth-order valence-electron chi connectivity index (χ4n) is 2.33. The summed E-state index contributed by atoms with van der Waals surface area (Å²) < 4.78 is 40.4. The Morgan fingerprint density at radius 3 is 2.59 bits per heavy atom. The Bertz CT molecular complexity index is 875. The van der Waals surface area contributed by atoms with Crippen molar-refractivity contribution in [1.29, 1.82) is 0 Å². The molecule has 0 aliphatic heterocycles. The lowest BCUT2D eigenvalue weighted by Crippen LogP contribution is -2.27. The molecule has 0 aliphatic carbocycles. The van der Waals surface area contributed by atoms with Crippen molar-refractivity contribution in [3.63, 3.8) is 0 Å². The largest absolute Gasteiger partial charge is 0.573 e. The molecule has 0 saturated heterocycles. The SMILES string of the molecule is O=C(Cc1csc(-c2ccc(OC(F)(F)F)cc2)n1)NCCc1cccs1. The highest BCUT2D eigenvalue weighted by Gasteiger charge is 2.31. The molecule has 0 aliphatic rings. The minimum absolute atomic E-state index is 0.114. The summed E-state index contributed by atoms with van der Waals surface area (Å²) in [6.07, 6.45) is -3.76. The molecule has 9 heteroatoms. The zero-order valence-electron chi connectivity index (χ0n) is 14.0. The number of thiophene rings is 1. The van der Waals surface area contributed by atoms with E-state index in [9.17, 15) is 18.0 Å². The van der Waals surface area contributed by atoms with Crippen LogP contribution in [0.3, 0.4) is 0 Å². The van der Waals surface area contributed by atoms with Gasteiger partial charge in [-0.25, -0.2) is 4.98 Å². The number of benzene rings is 1. The van der Waals surface area contributed by atoms with Gasteiger partial charge in [-0.15, -0.1) is 35.8 Å². The van der Waals surface area contributed by atoms with Gasteiger partial charge in [-0.05, 0) is 42.1 Å². The quantitative estimate of drug-likeness (QED) is 0.614. The Balaban J connectivity index is 1.52. The molecule has 3 aromatic rings. The first-order valence-corrected chi connectivity index (χ1v) is 9.75. The number of carbonyl (C=O) groups excluding carboxylic acids is 1. The fourth-order valence-corrected chi connectivity index (χ4v) is 3.86. The van der Waals surface area contributed by atoms with Crippen LogP contribution in [0, 0.1) is 0 Å². The van der Waals surface area contributed by atoms with E-state index < -0.39 is 6.36 Å². The van der Waals surface area contributed by atoms with E-state index in [-0.39, 0.29) is 18.1 Å². The van der Waals surface area contributed by atoms with Crippen LogP contribution in [-0.4, -0.2) is 23.8 Å². The molecule has 0 saturated carbocycles. The van der Waals surface area contributed by atoms with Gasteiger partial charge in [0.15, 0.2) is 0 Å². The summed E-state index contributed by atoms with van der Waals surface area (Å²) in [6.45, 7) is 0.566. The third-order valence-corrected chi connectivity index (χ3v) is 5.38. The molecule has 0 spiro atoms. The lowest BCUT2D eigenvalue weighted by atomic mass is 10.2.